The van der Waals surface area contributed by atoms with Gasteiger partial charge in [0.2, 0.25) is 5.91 Å². The summed E-state index contributed by atoms with van der Waals surface area (Å²) in [6.45, 7) is 8.40. The smallest absolute Gasteiger partial charge is 0.221 e. The van der Waals surface area contributed by atoms with E-state index < -0.39 is 0 Å². The van der Waals surface area contributed by atoms with Crippen molar-refractivity contribution in [3.63, 3.8) is 0 Å². The van der Waals surface area contributed by atoms with Crippen LogP contribution in [-0.2, 0) is 4.79 Å². The average molecular weight is 280 g/mol. The van der Waals surface area contributed by atoms with E-state index in [0.29, 0.717) is 30.4 Å². The van der Waals surface area contributed by atoms with Crippen LogP contribution in [0.4, 0.5) is 11.6 Å². The summed E-state index contributed by atoms with van der Waals surface area (Å²) in [7, 11) is 0. The van der Waals surface area contributed by atoms with Crippen LogP contribution in [0.1, 0.15) is 45.9 Å². The van der Waals surface area contributed by atoms with Crippen LogP contribution < -0.4 is 21.9 Å². The highest BCUT2D eigenvalue weighted by molar-refractivity contribution is 5.76. The first-order valence-corrected chi connectivity index (χ1v) is 6.81. The van der Waals surface area contributed by atoms with Gasteiger partial charge in [-0.3, -0.25) is 4.79 Å². The van der Waals surface area contributed by atoms with Crippen molar-refractivity contribution < 1.29 is 4.79 Å². The monoisotopic (exact) mass is 280 g/mol. The minimum atomic E-state index is 0.0165. The SMILES string of the molecule is CC(C)NC(=O)CCNc1cc(NN)nc(C(C)C)n1. The van der Waals surface area contributed by atoms with Gasteiger partial charge in [-0.1, -0.05) is 13.8 Å². The summed E-state index contributed by atoms with van der Waals surface area (Å²) in [5.74, 6) is 7.52. The molecule has 0 saturated heterocycles. The summed E-state index contributed by atoms with van der Waals surface area (Å²) in [6.07, 6.45) is 0.393. The maximum atomic E-state index is 11.5. The molecule has 0 saturated carbocycles. The molecule has 0 spiro atoms. The first-order chi connectivity index (χ1) is 9.42. The fourth-order valence-electron chi connectivity index (χ4n) is 1.59. The second kappa shape index (κ2) is 7.64. The lowest BCUT2D eigenvalue weighted by Gasteiger charge is -2.12. The Morgan fingerprint density at radius 2 is 1.90 bits per heavy atom. The van der Waals surface area contributed by atoms with Crippen LogP contribution in [0.5, 0.6) is 0 Å². The average Bonchev–Trinajstić information content (AvgIpc) is 2.37. The molecule has 0 aliphatic heterocycles. The highest BCUT2D eigenvalue weighted by Crippen LogP contribution is 2.16. The molecule has 0 aromatic carbocycles. The van der Waals surface area contributed by atoms with Crippen LogP contribution in [-0.4, -0.2) is 28.5 Å². The number of carbonyl (C=O) groups is 1. The third-order valence-electron chi connectivity index (χ3n) is 2.52. The number of hydrogen-bond donors (Lipinski definition) is 4. The number of amides is 1. The number of hydrogen-bond acceptors (Lipinski definition) is 6. The van der Waals surface area contributed by atoms with Gasteiger partial charge in [0.15, 0.2) is 0 Å². The van der Waals surface area contributed by atoms with E-state index in [1.807, 2.05) is 27.7 Å². The van der Waals surface area contributed by atoms with Gasteiger partial charge in [-0.15, -0.1) is 0 Å². The minimum absolute atomic E-state index is 0.0165. The lowest BCUT2D eigenvalue weighted by atomic mass is 10.2. The predicted molar refractivity (Wildman–Crippen MR) is 80.3 cm³/mol. The fourth-order valence-corrected chi connectivity index (χ4v) is 1.59. The fraction of sp³-hybridized carbons (Fsp3) is 0.615. The van der Waals surface area contributed by atoms with Crippen LogP contribution in [0.3, 0.4) is 0 Å². The minimum Gasteiger partial charge on any atom is -0.369 e. The van der Waals surface area contributed by atoms with Crippen molar-refractivity contribution in [2.45, 2.75) is 46.1 Å². The molecule has 20 heavy (non-hydrogen) atoms. The summed E-state index contributed by atoms with van der Waals surface area (Å²) in [4.78, 5) is 20.2. The molecule has 0 unspecified atom stereocenters. The molecule has 5 N–H and O–H groups in total. The van der Waals surface area contributed by atoms with Crippen molar-refractivity contribution in [2.24, 2.45) is 5.84 Å². The molecule has 7 nitrogen and oxygen atoms in total. The lowest BCUT2D eigenvalue weighted by Crippen LogP contribution is -2.31. The molecule has 1 aromatic heterocycles. The maximum absolute atomic E-state index is 11.5. The molecule has 7 heteroatoms. The van der Waals surface area contributed by atoms with Gasteiger partial charge in [0.1, 0.15) is 17.5 Å². The van der Waals surface area contributed by atoms with Crippen LogP contribution in [0.25, 0.3) is 0 Å². The van der Waals surface area contributed by atoms with E-state index in [1.165, 1.54) is 0 Å². The van der Waals surface area contributed by atoms with Crippen molar-refractivity contribution in [3.8, 4) is 0 Å². The Labute approximate surface area is 119 Å². The summed E-state index contributed by atoms with van der Waals surface area (Å²) in [6, 6.07) is 1.87. The second-order valence-corrected chi connectivity index (χ2v) is 5.19. The lowest BCUT2D eigenvalue weighted by molar-refractivity contribution is -0.121. The number of aromatic nitrogens is 2. The molecular formula is C13H24N6O. The third-order valence-corrected chi connectivity index (χ3v) is 2.52. The number of nitrogen functional groups attached to an aromatic ring is 1. The van der Waals surface area contributed by atoms with Gasteiger partial charge < -0.3 is 16.1 Å². The number of nitrogens with zero attached hydrogens (tertiary/aromatic N) is 2. The van der Waals surface area contributed by atoms with E-state index in [0.717, 1.165) is 0 Å². The zero-order valence-electron chi connectivity index (χ0n) is 12.5. The number of nitrogens with one attached hydrogen (secondary N) is 3. The van der Waals surface area contributed by atoms with Crippen LogP contribution in [0.2, 0.25) is 0 Å². The summed E-state index contributed by atoms with van der Waals surface area (Å²) in [5, 5.41) is 5.95. The Bertz CT molecular complexity index is 446. The summed E-state index contributed by atoms with van der Waals surface area (Å²) < 4.78 is 0. The number of rotatable bonds is 7. The van der Waals surface area contributed by atoms with E-state index in [1.54, 1.807) is 6.07 Å². The molecule has 0 bridgehead atoms. The van der Waals surface area contributed by atoms with Gasteiger partial charge in [-0.2, -0.15) is 0 Å². The Hall–Kier alpha value is -1.89. The van der Waals surface area contributed by atoms with E-state index in [9.17, 15) is 4.79 Å². The molecular weight excluding hydrogens is 256 g/mol. The first kappa shape index (κ1) is 16.2. The Kier molecular flexibility index (Phi) is 6.17. The number of anilines is 2. The molecule has 112 valence electrons. The number of hydrazine groups is 1. The van der Waals surface area contributed by atoms with Crippen molar-refractivity contribution in [2.75, 3.05) is 17.3 Å². The molecule has 1 aromatic rings. The second-order valence-electron chi connectivity index (χ2n) is 5.19. The normalized spacial score (nSPS) is 10.8. The molecule has 0 aliphatic carbocycles. The van der Waals surface area contributed by atoms with E-state index >= 15 is 0 Å². The van der Waals surface area contributed by atoms with Gasteiger partial charge in [0, 0.05) is 31.0 Å². The van der Waals surface area contributed by atoms with Crippen LogP contribution >= 0.6 is 0 Å². The molecule has 0 atom stereocenters. The Balaban J connectivity index is 2.59. The van der Waals surface area contributed by atoms with Crippen LogP contribution in [0, 0.1) is 0 Å². The quantitative estimate of drug-likeness (QED) is 0.442. The zero-order chi connectivity index (χ0) is 15.1. The van der Waals surface area contributed by atoms with Crippen molar-refractivity contribution in [3.05, 3.63) is 11.9 Å². The number of nitrogens with two attached hydrogens (primary N) is 1. The third kappa shape index (κ3) is 5.40. The van der Waals surface area contributed by atoms with Crippen molar-refractivity contribution >= 4 is 17.5 Å². The van der Waals surface area contributed by atoms with E-state index in [4.69, 9.17) is 5.84 Å². The zero-order valence-corrected chi connectivity index (χ0v) is 12.5. The molecule has 0 fully saturated rings. The highest BCUT2D eigenvalue weighted by atomic mass is 16.1. The van der Waals surface area contributed by atoms with Gasteiger partial charge >= 0.3 is 0 Å². The molecule has 1 heterocycles. The highest BCUT2D eigenvalue weighted by Gasteiger charge is 2.08. The molecule has 1 amide bonds. The molecule has 0 radical (unpaired) electrons. The van der Waals surface area contributed by atoms with Crippen molar-refractivity contribution in [1.29, 1.82) is 0 Å². The largest absolute Gasteiger partial charge is 0.369 e. The Morgan fingerprint density at radius 3 is 2.45 bits per heavy atom. The summed E-state index contributed by atoms with van der Waals surface area (Å²) in [5.41, 5.74) is 2.52. The topological polar surface area (TPSA) is 105 Å². The first-order valence-electron chi connectivity index (χ1n) is 6.81. The molecule has 0 aliphatic rings. The van der Waals surface area contributed by atoms with E-state index in [2.05, 4.69) is 26.0 Å². The maximum Gasteiger partial charge on any atom is 0.221 e. The van der Waals surface area contributed by atoms with Gasteiger partial charge in [-0.25, -0.2) is 15.8 Å². The predicted octanol–water partition coefficient (Wildman–Crippen LogP) is 1.21. The van der Waals surface area contributed by atoms with Gasteiger partial charge in [-0.05, 0) is 13.8 Å². The Morgan fingerprint density at radius 1 is 1.25 bits per heavy atom. The standard InChI is InChI=1S/C13H24N6O/c1-8(2)13-17-10(7-11(18-13)19-14)15-6-5-12(20)16-9(3)4/h7-9H,5-6,14H2,1-4H3,(H,16,20)(H2,15,17,18,19). The van der Waals surface area contributed by atoms with Gasteiger partial charge in [0.25, 0.3) is 0 Å². The van der Waals surface area contributed by atoms with Gasteiger partial charge in [0.05, 0.1) is 0 Å². The molecule has 1 rings (SSSR count). The van der Waals surface area contributed by atoms with Crippen molar-refractivity contribution in [1.82, 2.24) is 15.3 Å². The summed E-state index contributed by atoms with van der Waals surface area (Å²) >= 11 is 0. The van der Waals surface area contributed by atoms with E-state index in [-0.39, 0.29) is 17.9 Å². The van der Waals surface area contributed by atoms with Crippen LogP contribution in [0.15, 0.2) is 6.07 Å². The number of carbonyl (C=O) groups excluding carboxylic acids is 1.